The van der Waals surface area contributed by atoms with Gasteiger partial charge in [-0.1, -0.05) is 13.8 Å². The summed E-state index contributed by atoms with van der Waals surface area (Å²) in [5.74, 6) is 0. The Morgan fingerprint density at radius 3 is 2.47 bits per heavy atom. The highest BCUT2D eigenvalue weighted by Gasteiger charge is 2.29. The predicted molar refractivity (Wildman–Crippen MR) is 84.1 cm³/mol. The molecule has 1 rings (SSSR count). The number of nitrogens with zero attached hydrogens (tertiary/aromatic N) is 1. The van der Waals surface area contributed by atoms with Crippen LogP contribution in [0.15, 0.2) is 14.7 Å². The van der Waals surface area contributed by atoms with E-state index in [4.69, 9.17) is 0 Å². The van der Waals surface area contributed by atoms with Gasteiger partial charge in [0.25, 0.3) is 0 Å². The molecule has 7 heteroatoms. The lowest BCUT2D eigenvalue weighted by atomic mass is 10.2. The highest BCUT2D eigenvalue weighted by atomic mass is 79.9. The summed E-state index contributed by atoms with van der Waals surface area (Å²) < 4.78 is 27.4. The second-order valence-electron chi connectivity index (χ2n) is 4.37. The third-order valence-corrected chi connectivity index (χ3v) is 7.33. The maximum atomic E-state index is 12.6. The Morgan fingerprint density at radius 1 is 1.42 bits per heavy atom. The van der Waals surface area contributed by atoms with Gasteiger partial charge in [0.15, 0.2) is 0 Å². The number of hydrogen-bond donors (Lipinski definition) is 1. The molecule has 0 bridgehead atoms. The molecule has 0 fully saturated rings. The second kappa shape index (κ2) is 7.17. The lowest BCUT2D eigenvalue weighted by molar-refractivity contribution is 0.349. The zero-order valence-corrected chi connectivity index (χ0v) is 15.0. The van der Waals surface area contributed by atoms with Crippen LogP contribution in [-0.4, -0.2) is 32.9 Å². The fraction of sp³-hybridized carbons (Fsp3) is 0.667. The standard InChI is InChI=1S/C12H21BrN2O2S2/c1-5-9(6-2)15(4)19(16,17)11-7-10(8-14-3)18-12(11)13/h7,9,14H,5-6,8H2,1-4H3. The molecule has 4 nitrogen and oxygen atoms in total. The Labute approximate surface area is 128 Å². The number of halogens is 1. The quantitative estimate of drug-likeness (QED) is 0.804. The lowest BCUT2D eigenvalue weighted by Crippen LogP contribution is -2.36. The van der Waals surface area contributed by atoms with Crippen molar-refractivity contribution in [2.24, 2.45) is 0 Å². The number of hydrogen-bond acceptors (Lipinski definition) is 4. The second-order valence-corrected chi connectivity index (χ2v) is 8.79. The van der Waals surface area contributed by atoms with Gasteiger partial charge in [-0.15, -0.1) is 11.3 Å². The van der Waals surface area contributed by atoms with Crippen LogP contribution in [0.25, 0.3) is 0 Å². The van der Waals surface area contributed by atoms with Crippen molar-refractivity contribution in [3.05, 3.63) is 14.7 Å². The third-order valence-electron chi connectivity index (χ3n) is 3.17. The molecule has 0 saturated carbocycles. The van der Waals surface area contributed by atoms with Crippen LogP contribution in [0.1, 0.15) is 31.6 Å². The molecular formula is C12H21BrN2O2S2. The highest BCUT2D eigenvalue weighted by Crippen LogP contribution is 2.34. The van der Waals surface area contributed by atoms with E-state index >= 15 is 0 Å². The van der Waals surface area contributed by atoms with E-state index in [0.29, 0.717) is 15.2 Å². The lowest BCUT2D eigenvalue weighted by Gasteiger charge is -2.25. The number of sulfonamides is 1. The van der Waals surface area contributed by atoms with Crippen LogP contribution in [0.4, 0.5) is 0 Å². The summed E-state index contributed by atoms with van der Waals surface area (Å²) in [7, 11) is 0.0855. The minimum Gasteiger partial charge on any atom is -0.315 e. The molecule has 0 aliphatic carbocycles. The van der Waals surface area contributed by atoms with Gasteiger partial charge in [0.05, 0.1) is 3.79 Å². The van der Waals surface area contributed by atoms with Gasteiger partial charge < -0.3 is 5.32 Å². The van der Waals surface area contributed by atoms with Gasteiger partial charge >= 0.3 is 0 Å². The smallest absolute Gasteiger partial charge is 0.245 e. The third kappa shape index (κ3) is 3.78. The zero-order chi connectivity index (χ0) is 14.6. The predicted octanol–water partition coefficient (Wildman–Crippen LogP) is 3.04. The maximum Gasteiger partial charge on any atom is 0.245 e. The maximum absolute atomic E-state index is 12.6. The van der Waals surface area contributed by atoms with E-state index in [1.807, 2.05) is 20.9 Å². The number of nitrogens with one attached hydrogen (secondary N) is 1. The first-order valence-corrected chi connectivity index (χ1v) is 9.34. The minimum atomic E-state index is -3.42. The van der Waals surface area contributed by atoms with Crippen molar-refractivity contribution in [2.75, 3.05) is 14.1 Å². The van der Waals surface area contributed by atoms with E-state index in [9.17, 15) is 8.42 Å². The SMILES string of the molecule is CCC(CC)N(C)S(=O)(=O)c1cc(CNC)sc1Br. The summed E-state index contributed by atoms with van der Waals surface area (Å²) in [5.41, 5.74) is 0. The van der Waals surface area contributed by atoms with Crippen molar-refractivity contribution in [2.45, 2.75) is 44.2 Å². The summed E-state index contributed by atoms with van der Waals surface area (Å²) >= 11 is 4.83. The fourth-order valence-corrected chi connectivity index (χ4v) is 6.13. The van der Waals surface area contributed by atoms with E-state index in [-0.39, 0.29) is 6.04 Å². The Hall–Kier alpha value is 0.0500. The molecule has 0 aromatic carbocycles. The van der Waals surface area contributed by atoms with Crippen molar-refractivity contribution >= 4 is 37.3 Å². The first-order valence-electron chi connectivity index (χ1n) is 6.29. The Morgan fingerprint density at radius 2 is 2.00 bits per heavy atom. The van der Waals surface area contributed by atoms with Crippen molar-refractivity contribution in [3.63, 3.8) is 0 Å². The molecule has 0 saturated heterocycles. The average molecular weight is 369 g/mol. The van der Waals surface area contributed by atoms with Gasteiger partial charge in [-0.2, -0.15) is 4.31 Å². The molecule has 0 atom stereocenters. The van der Waals surface area contributed by atoms with Crippen LogP contribution >= 0.6 is 27.3 Å². The van der Waals surface area contributed by atoms with E-state index in [1.54, 1.807) is 13.1 Å². The molecule has 0 aliphatic rings. The number of rotatable bonds is 7. The van der Waals surface area contributed by atoms with Crippen LogP contribution in [0.2, 0.25) is 0 Å². The normalized spacial score (nSPS) is 12.6. The molecule has 0 amide bonds. The van der Waals surface area contributed by atoms with Crippen molar-refractivity contribution in [1.82, 2.24) is 9.62 Å². The molecule has 0 spiro atoms. The van der Waals surface area contributed by atoms with Crippen LogP contribution in [0.3, 0.4) is 0 Å². The Bertz CT molecular complexity index is 510. The average Bonchev–Trinajstić information content (AvgIpc) is 2.73. The Kier molecular flexibility index (Phi) is 6.46. The monoisotopic (exact) mass is 368 g/mol. The zero-order valence-electron chi connectivity index (χ0n) is 11.7. The molecule has 1 N–H and O–H groups in total. The number of thiophene rings is 1. The van der Waals surface area contributed by atoms with Gasteiger partial charge in [-0.05, 0) is 41.9 Å². The topological polar surface area (TPSA) is 49.4 Å². The minimum absolute atomic E-state index is 0.0459. The summed E-state index contributed by atoms with van der Waals surface area (Å²) in [6, 6.07) is 1.80. The molecule has 1 aromatic rings. The molecule has 0 unspecified atom stereocenters. The molecule has 1 heterocycles. The van der Waals surface area contributed by atoms with E-state index in [1.165, 1.54) is 15.6 Å². The summed E-state index contributed by atoms with van der Waals surface area (Å²) in [6.07, 6.45) is 1.63. The Balaban J connectivity index is 3.12. The van der Waals surface area contributed by atoms with Gasteiger partial charge in [-0.3, -0.25) is 0 Å². The van der Waals surface area contributed by atoms with Gasteiger partial charge in [0.2, 0.25) is 10.0 Å². The van der Waals surface area contributed by atoms with Crippen LogP contribution in [0, 0.1) is 0 Å². The van der Waals surface area contributed by atoms with E-state index < -0.39 is 10.0 Å². The first kappa shape index (κ1) is 17.1. The van der Waals surface area contributed by atoms with Crippen LogP contribution < -0.4 is 5.32 Å². The first-order chi connectivity index (χ1) is 8.88. The van der Waals surface area contributed by atoms with E-state index in [2.05, 4.69) is 21.2 Å². The largest absolute Gasteiger partial charge is 0.315 e. The summed E-state index contributed by atoms with van der Waals surface area (Å²) in [6.45, 7) is 4.69. The van der Waals surface area contributed by atoms with Crippen molar-refractivity contribution in [3.8, 4) is 0 Å². The molecule has 110 valence electrons. The van der Waals surface area contributed by atoms with Gasteiger partial charge in [0, 0.05) is 24.5 Å². The summed E-state index contributed by atoms with van der Waals surface area (Å²) in [5, 5.41) is 3.03. The van der Waals surface area contributed by atoms with Crippen molar-refractivity contribution in [1.29, 1.82) is 0 Å². The molecule has 19 heavy (non-hydrogen) atoms. The molecule has 1 aromatic heterocycles. The van der Waals surface area contributed by atoms with Gasteiger partial charge in [0.1, 0.15) is 4.90 Å². The summed E-state index contributed by atoms with van der Waals surface area (Å²) in [4.78, 5) is 1.38. The van der Waals surface area contributed by atoms with Crippen LogP contribution in [0.5, 0.6) is 0 Å². The van der Waals surface area contributed by atoms with Crippen LogP contribution in [-0.2, 0) is 16.6 Å². The molecular weight excluding hydrogens is 348 g/mol. The van der Waals surface area contributed by atoms with Crippen molar-refractivity contribution < 1.29 is 8.42 Å². The molecule has 0 radical (unpaired) electrons. The highest BCUT2D eigenvalue weighted by molar-refractivity contribution is 9.11. The van der Waals surface area contributed by atoms with E-state index in [0.717, 1.165) is 17.7 Å². The molecule has 0 aliphatic heterocycles. The van der Waals surface area contributed by atoms with Gasteiger partial charge in [-0.25, -0.2) is 8.42 Å². The fourth-order valence-electron chi connectivity index (χ4n) is 1.99.